The third-order valence-corrected chi connectivity index (χ3v) is 3.59. The van der Waals surface area contributed by atoms with Crippen LogP contribution in [0.2, 0.25) is 0 Å². The molecule has 1 aromatic heterocycles. The van der Waals surface area contributed by atoms with Crippen molar-refractivity contribution in [2.45, 2.75) is 32.7 Å². The molecule has 0 aromatic carbocycles. The number of thiophene rings is 1. The van der Waals surface area contributed by atoms with Crippen LogP contribution in [0.1, 0.15) is 36.4 Å². The van der Waals surface area contributed by atoms with Crippen molar-refractivity contribution in [1.29, 1.82) is 0 Å². The molecule has 6 heteroatoms. The van der Waals surface area contributed by atoms with Gasteiger partial charge in [0.15, 0.2) is 0 Å². The van der Waals surface area contributed by atoms with E-state index in [0.717, 1.165) is 0 Å². The highest BCUT2D eigenvalue weighted by Crippen LogP contribution is 2.23. The van der Waals surface area contributed by atoms with Crippen LogP contribution < -0.4 is 4.74 Å². The van der Waals surface area contributed by atoms with Crippen molar-refractivity contribution >= 4 is 23.2 Å². The topological polar surface area (TPSA) is 66.8 Å². The summed E-state index contributed by atoms with van der Waals surface area (Å²) < 4.78 is 5.06. The predicted octanol–water partition coefficient (Wildman–Crippen LogP) is 2.47. The van der Waals surface area contributed by atoms with E-state index in [1.807, 2.05) is 13.8 Å². The van der Waals surface area contributed by atoms with E-state index in [2.05, 4.69) is 0 Å². The van der Waals surface area contributed by atoms with E-state index >= 15 is 0 Å². The van der Waals surface area contributed by atoms with Crippen LogP contribution in [0.5, 0.6) is 5.75 Å². The van der Waals surface area contributed by atoms with Gasteiger partial charge in [-0.1, -0.05) is 0 Å². The zero-order valence-corrected chi connectivity index (χ0v) is 12.2. The average Bonchev–Trinajstić information content (AvgIpc) is 2.81. The summed E-state index contributed by atoms with van der Waals surface area (Å²) in [4.78, 5) is 25.1. The monoisotopic (exact) mass is 285 g/mol. The van der Waals surface area contributed by atoms with Gasteiger partial charge in [-0.25, -0.2) is 0 Å². The first-order valence-corrected chi connectivity index (χ1v) is 6.99. The molecule has 0 aliphatic rings. The molecule has 1 N–H and O–H groups in total. The van der Waals surface area contributed by atoms with E-state index in [0.29, 0.717) is 23.6 Å². The summed E-state index contributed by atoms with van der Waals surface area (Å²) in [5.41, 5.74) is 0. The first kappa shape index (κ1) is 15.5. The van der Waals surface area contributed by atoms with Crippen LogP contribution in [-0.4, -0.2) is 41.6 Å². The normalized spacial score (nSPS) is 10.5. The van der Waals surface area contributed by atoms with Crippen LogP contribution in [0.15, 0.2) is 11.4 Å². The fourth-order valence-electron chi connectivity index (χ4n) is 1.67. The highest BCUT2D eigenvalue weighted by Gasteiger charge is 2.20. The maximum absolute atomic E-state index is 12.3. The van der Waals surface area contributed by atoms with Crippen molar-refractivity contribution in [3.05, 3.63) is 16.3 Å². The Morgan fingerprint density at radius 3 is 2.63 bits per heavy atom. The lowest BCUT2D eigenvalue weighted by atomic mass is 10.2. The number of carbonyl (C=O) groups excluding carboxylic acids is 1. The van der Waals surface area contributed by atoms with E-state index in [-0.39, 0.29) is 18.4 Å². The number of amides is 1. The summed E-state index contributed by atoms with van der Waals surface area (Å²) in [5, 5.41) is 10.4. The Balaban J connectivity index is 2.69. The quantitative estimate of drug-likeness (QED) is 0.835. The number of hydrogen-bond donors (Lipinski definition) is 1. The van der Waals surface area contributed by atoms with E-state index in [1.54, 1.807) is 23.5 Å². The van der Waals surface area contributed by atoms with Crippen LogP contribution in [0.4, 0.5) is 0 Å². The van der Waals surface area contributed by atoms with Gasteiger partial charge in [0.05, 0.1) is 12.0 Å². The van der Waals surface area contributed by atoms with Crippen molar-refractivity contribution in [3.8, 4) is 5.75 Å². The SMILES string of the molecule is COc1csc(C(=O)N(CCCC(=O)O)C(C)C)c1. The summed E-state index contributed by atoms with van der Waals surface area (Å²) in [6.45, 7) is 4.29. The predicted molar refractivity (Wildman–Crippen MR) is 73.9 cm³/mol. The smallest absolute Gasteiger partial charge is 0.303 e. The largest absolute Gasteiger partial charge is 0.496 e. The second-order valence-electron chi connectivity index (χ2n) is 4.44. The zero-order chi connectivity index (χ0) is 14.4. The Labute approximate surface area is 116 Å². The minimum atomic E-state index is -0.839. The molecule has 0 unspecified atom stereocenters. The molecule has 0 radical (unpaired) electrons. The number of rotatable bonds is 7. The van der Waals surface area contributed by atoms with Gasteiger partial charge in [-0.2, -0.15) is 0 Å². The van der Waals surface area contributed by atoms with Crippen LogP contribution in [0.25, 0.3) is 0 Å². The van der Waals surface area contributed by atoms with Gasteiger partial charge in [-0.3, -0.25) is 9.59 Å². The fraction of sp³-hybridized carbons (Fsp3) is 0.538. The number of aliphatic carboxylic acids is 1. The van der Waals surface area contributed by atoms with Gasteiger partial charge in [0.2, 0.25) is 0 Å². The molecule has 5 nitrogen and oxygen atoms in total. The van der Waals surface area contributed by atoms with Crippen molar-refractivity contribution in [3.63, 3.8) is 0 Å². The molecule has 0 saturated carbocycles. The molecular formula is C13H19NO4S. The van der Waals surface area contributed by atoms with Crippen LogP contribution in [0, 0.1) is 0 Å². The second-order valence-corrected chi connectivity index (χ2v) is 5.35. The number of nitrogens with zero attached hydrogens (tertiary/aromatic N) is 1. The molecule has 0 bridgehead atoms. The highest BCUT2D eigenvalue weighted by molar-refractivity contribution is 7.12. The molecule has 0 spiro atoms. The van der Waals surface area contributed by atoms with E-state index in [4.69, 9.17) is 9.84 Å². The van der Waals surface area contributed by atoms with Crippen molar-refractivity contribution in [1.82, 2.24) is 4.90 Å². The third-order valence-electron chi connectivity index (χ3n) is 2.70. The Morgan fingerprint density at radius 1 is 1.47 bits per heavy atom. The highest BCUT2D eigenvalue weighted by atomic mass is 32.1. The van der Waals surface area contributed by atoms with E-state index < -0.39 is 5.97 Å². The second kappa shape index (κ2) is 7.13. The summed E-state index contributed by atoms with van der Waals surface area (Å²) in [6.07, 6.45) is 0.534. The van der Waals surface area contributed by atoms with Crippen molar-refractivity contribution in [2.24, 2.45) is 0 Å². The minimum Gasteiger partial charge on any atom is -0.496 e. The first-order valence-electron chi connectivity index (χ1n) is 6.11. The molecule has 1 rings (SSSR count). The standard InChI is InChI=1S/C13H19NO4S/c1-9(2)14(6-4-5-12(15)16)13(17)11-7-10(18-3)8-19-11/h7-9H,4-6H2,1-3H3,(H,15,16). The van der Waals surface area contributed by atoms with Gasteiger partial charge in [-0.05, 0) is 20.3 Å². The summed E-state index contributed by atoms with van der Waals surface area (Å²) in [5.74, 6) is -0.245. The number of hydrogen-bond acceptors (Lipinski definition) is 4. The van der Waals surface area contributed by atoms with Crippen LogP contribution in [-0.2, 0) is 4.79 Å². The summed E-state index contributed by atoms with van der Waals surface area (Å²) >= 11 is 1.34. The third kappa shape index (κ3) is 4.55. The molecule has 1 aromatic rings. The number of ether oxygens (including phenoxy) is 1. The van der Waals surface area contributed by atoms with Crippen molar-refractivity contribution < 1.29 is 19.4 Å². The number of carboxylic acids is 1. The Bertz CT molecular complexity index is 442. The maximum atomic E-state index is 12.3. The molecule has 0 aliphatic heterocycles. The minimum absolute atomic E-state index is 0.0365. The van der Waals surface area contributed by atoms with Gasteiger partial charge in [0.1, 0.15) is 5.75 Å². The summed E-state index contributed by atoms with van der Waals surface area (Å²) in [7, 11) is 1.56. The zero-order valence-electron chi connectivity index (χ0n) is 11.4. The Kier molecular flexibility index (Phi) is 5.82. The maximum Gasteiger partial charge on any atom is 0.303 e. The van der Waals surface area contributed by atoms with Crippen LogP contribution >= 0.6 is 11.3 Å². The van der Waals surface area contributed by atoms with Gasteiger partial charge < -0.3 is 14.7 Å². The Hall–Kier alpha value is -1.56. The van der Waals surface area contributed by atoms with Gasteiger partial charge in [0.25, 0.3) is 5.91 Å². The van der Waals surface area contributed by atoms with Crippen molar-refractivity contribution in [2.75, 3.05) is 13.7 Å². The van der Waals surface area contributed by atoms with Gasteiger partial charge in [-0.15, -0.1) is 11.3 Å². The number of carboxylic acid groups (broad SMARTS) is 1. The summed E-state index contributed by atoms with van der Waals surface area (Å²) in [6, 6.07) is 1.74. The van der Waals surface area contributed by atoms with E-state index in [1.165, 1.54) is 11.3 Å². The number of carbonyl (C=O) groups is 2. The van der Waals surface area contributed by atoms with Gasteiger partial charge >= 0.3 is 5.97 Å². The molecular weight excluding hydrogens is 266 g/mol. The molecule has 0 saturated heterocycles. The molecule has 1 amide bonds. The molecule has 0 aliphatic carbocycles. The molecule has 0 fully saturated rings. The molecule has 1 heterocycles. The number of methoxy groups -OCH3 is 1. The first-order chi connectivity index (χ1) is 8.95. The fourth-order valence-corrected chi connectivity index (χ4v) is 2.48. The lowest BCUT2D eigenvalue weighted by Gasteiger charge is -2.26. The lowest BCUT2D eigenvalue weighted by molar-refractivity contribution is -0.137. The average molecular weight is 285 g/mol. The molecule has 106 valence electrons. The molecule has 0 atom stereocenters. The van der Waals surface area contributed by atoms with Crippen LogP contribution in [0.3, 0.4) is 0 Å². The molecule has 19 heavy (non-hydrogen) atoms. The Morgan fingerprint density at radius 2 is 2.16 bits per heavy atom. The van der Waals surface area contributed by atoms with Gasteiger partial charge in [0, 0.05) is 30.5 Å². The van der Waals surface area contributed by atoms with E-state index in [9.17, 15) is 9.59 Å². The lowest BCUT2D eigenvalue weighted by Crippen LogP contribution is -2.37.